The van der Waals surface area contributed by atoms with Crippen LogP contribution in [0.2, 0.25) is 0 Å². The predicted octanol–water partition coefficient (Wildman–Crippen LogP) is 2.20. The van der Waals surface area contributed by atoms with Gasteiger partial charge in [0, 0.05) is 11.5 Å². The number of anilines is 1. The van der Waals surface area contributed by atoms with Crippen molar-refractivity contribution in [3.8, 4) is 5.75 Å². The SMILES string of the molecule is COc1cccc(N([C@H]2C=CS(=O)(=O)C2)S(=O)(=O)c2ccccc2)c1. The van der Waals surface area contributed by atoms with Gasteiger partial charge in [0.25, 0.3) is 10.0 Å². The average Bonchev–Trinajstić information content (AvgIpc) is 2.95. The quantitative estimate of drug-likeness (QED) is 0.796. The topological polar surface area (TPSA) is 80.8 Å². The summed E-state index contributed by atoms with van der Waals surface area (Å²) in [4.78, 5) is 0.0931. The van der Waals surface area contributed by atoms with Gasteiger partial charge in [-0.25, -0.2) is 16.8 Å². The highest BCUT2D eigenvalue weighted by Gasteiger charge is 2.36. The second-order valence-electron chi connectivity index (χ2n) is 5.54. The largest absolute Gasteiger partial charge is 0.497 e. The molecular formula is C17H17NO5S2. The van der Waals surface area contributed by atoms with Crippen LogP contribution in [-0.4, -0.2) is 35.7 Å². The zero-order valence-electron chi connectivity index (χ0n) is 13.4. The van der Waals surface area contributed by atoms with E-state index in [0.29, 0.717) is 11.4 Å². The minimum atomic E-state index is -3.95. The van der Waals surface area contributed by atoms with Crippen molar-refractivity contribution < 1.29 is 21.6 Å². The van der Waals surface area contributed by atoms with E-state index in [4.69, 9.17) is 4.74 Å². The molecule has 25 heavy (non-hydrogen) atoms. The number of nitrogens with zero attached hydrogens (tertiary/aromatic N) is 1. The lowest BCUT2D eigenvalue weighted by atomic mass is 10.2. The fourth-order valence-electron chi connectivity index (χ4n) is 2.67. The third kappa shape index (κ3) is 3.54. The molecule has 0 fully saturated rings. The average molecular weight is 379 g/mol. The van der Waals surface area contributed by atoms with E-state index >= 15 is 0 Å². The number of ether oxygens (including phenoxy) is 1. The maximum atomic E-state index is 13.2. The van der Waals surface area contributed by atoms with E-state index < -0.39 is 25.9 Å². The molecule has 1 aliphatic rings. The highest BCUT2D eigenvalue weighted by molar-refractivity contribution is 7.95. The molecule has 0 amide bonds. The van der Waals surface area contributed by atoms with Gasteiger partial charge in [-0.15, -0.1) is 0 Å². The summed E-state index contributed by atoms with van der Waals surface area (Å²) in [6.45, 7) is 0. The lowest BCUT2D eigenvalue weighted by Crippen LogP contribution is -2.41. The van der Waals surface area contributed by atoms with Crippen LogP contribution in [0.5, 0.6) is 5.75 Å². The van der Waals surface area contributed by atoms with Crippen LogP contribution in [0.1, 0.15) is 0 Å². The molecule has 2 aromatic rings. The minimum absolute atomic E-state index is 0.0931. The Bertz CT molecular complexity index is 998. The second kappa shape index (κ2) is 6.53. The Labute approximate surface area is 147 Å². The van der Waals surface area contributed by atoms with Crippen LogP contribution < -0.4 is 9.04 Å². The fraction of sp³-hybridized carbons (Fsp3) is 0.176. The molecule has 1 heterocycles. The molecule has 0 aliphatic carbocycles. The summed E-state index contributed by atoms with van der Waals surface area (Å²) in [5.74, 6) is 0.187. The van der Waals surface area contributed by atoms with Gasteiger partial charge in [0.05, 0.1) is 29.5 Å². The Morgan fingerprint density at radius 3 is 2.40 bits per heavy atom. The van der Waals surface area contributed by atoms with Crippen LogP contribution in [0.3, 0.4) is 0 Å². The van der Waals surface area contributed by atoms with E-state index in [-0.39, 0.29) is 10.6 Å². The van der Waals surface area contributed by atoms with Crippen molar-refractivity contribution in [3.63, 3.8) is 0 Å². The highest BCUT2D eigenvalue weighted by atomic mass is 32.2. The molecule has 0 radical (unpaired) electrons. The second-order valence-corrected chi connectivity index (χ2v) is 9.29. The van der Waals surface area contributed by atoms with Crippen molar-refractivity contribution in [2.75, 3.05) is 17.2 Å². The summed E-state index contributed by atoms with van der Waals surface area (Å²) in [6, 6.07) is 13.6. The molecule has 1 aliphatic heterocycles. The summed E-state index contributed by atoms with van der Waals surface area (Å²) < 4.78 is 56.3. The maximum Gasteiger partial charge on any atom is 0.264 e. The molecule has 0 aromatic heterocycles. The molecule has 0 saturated heterocycles. The number of sulfone groups is 1. The number of benzene rings is 2. The fourth-order valence-corrected chi connectivity index (χ4v) is 5.65. The van der Waals surface area contributed by atoms with Gasteiger partial charge in [0.2, 0.25) is 0 Å². The van der Waals surface area contributed by atoms with Gasteiger partial charge in [0.1, 0.15) is 5.75 Å². The molecule has 0 N–H and O–H groups in total. The standard InChI is InChI=1S/C17H17NO5S2/c1-23-16-7-5-6-14(12-16)18(15-10-11-24(19,20)13-15)25(21,22)17-8-3-2-4-9-17/h2-12,15H,13H2,1H3/t15-/m0/s1. The van der Waals surface area contributed by atoms with Crippen molar-refractivity contribution in [2.45, 2.75) is 10.9 Å². The third-order valence-electron chi connectivity index (χ3n) is 3.82. The molecule has 0 bridgehead atoms. The Morgan fingerprint density at radius 2 is 1.80 bits per heavy atom. The summed E-state index contributed by atoms with van der Waals surface area (Å²) in [6.07, 6.45) is 1.40. The smallest absolute Gasteiger partial charge is 0.264 e. The Kier molecular flexibility index (Phi) is 4.57. The van der Waals surface area contributed by atoms with E-state index in [1.54, 1.807) is 42.5 Å². The Balaban J connectivity index is 2.14. The highest BCUT2D eigenvalue weighted by Crippen LogP contribution is 2.31. The molecular weight excluding hydrogens is 362 g/mol. The van der Waals surface area contributed by atoms with Crippen LogP contribution in [0.25, 0.3) is 0 Å². The first-order valence-electron chi connectivity index (χ1n) is 7.48. The molecule has 8 heteroatoms. The molecule has 2 aromatic carbocycles. The van der Waals surface area contributed by atoms with Crippen LogP contribution in [0, 0.1) is 0 Å². The van der Waals surface area contributed by atoms with Crippen molar-refractivity contribution in [1.29, 1.82) is 0 Å². The summed E-state index contributed by atoms with van der Waals surface area (Å²) in [7, 11) is -5.89. The summed E-state index contributed by atoms with van der Waals surface area (Å²) in [5, 5.41) is 1.06. The molecule has 1 atom stereocenters. The molecule has 6 nitrogen and oxygen atoms in total. The number of methoxy groups -OCH3 is 1. The van der Waals surface area contributed by atoms with Crippen molar-refractivity contribution in [1.82, 2.24) is 0 Å². The van der Waals surface area contributed by atoms with Gasteiger partial charge in [-0.05, 0) is 30.3 Å². The minimum Gasteiger partial charge on any atom is -0.497 e. The van der Waals surface area contributed by atoms with Crippen molar-refractivity contribution in [2.24, 2.45) is 0 Å². The number of rotatable bonds is 5. The zero-order chi connectivity index (χ0) is 18.1. The lowest BCUT2D eigenvalue weighted by molar-refractivity contribution is 0.415. The van der Waals surface area contributed by atoms with Crippen molar-refractivity contribution >= 4 is 25.5 Å². The molecule has 0 unspecified atom stereocenters. The summed E-state index contributed by atoms with van der Waals surface area (Å²) in [5.41, 5.74) is 0.343. The monoisotopic (exact) mass is 379 g/mol. The van der Waals surface area contributed by atoms with Gasteiger partial charge >= 0.3 is 0 Å². The Hall–Kier alpha value is -2.32. The molecule has 0 spiro atoms. The van der Waals surface area contributed by atoms with Crippen molar-refractivity contribution in [3.05, 3.63) is 66.1 Å². The molecule has 132 valence electrons. The first-order valence-corrected chi connectivity index (χ1v) is 10.6. The van der Waals surface area contributed by atoms with Gasteiger partial charge < -0.3 is 4.74 Å². The normalized spacial score (nSPS) is 18.8. The molecule has 0 saturated carbocycles. The number of sulfonamides is 1. The lowest BCUT2D eigenvalue weighted by Gasteiger charge is -2.29. The van der Waals surface area contributed by atoms with E-state index in [2.05, 4.69) is 0 Å². The maximum absolute atomic E-state index is 13.2. The zero-order valence-corrected chi connectivity index (χ0v) is 15.1. The van der Waals surface area contributed by atoms with E-state index in [9.17, 15) is 16.8 Å². The van der Waals surface area contributed by atoms with Crippen LogP contribution in [0.4, 0.5) is 5.69 Å². The third-order valence-corrected chi connectivity index (χ3v) is 7.07. The van der Waals surface area contributed by atoms with E-state index in [1.807, 2.05) is 0 Å². The first-order chi connectivity index (χ1) is 11.8. The van der Waals surface area contributed by atoms with Crippen LogP contribution in [-0.2, 0) is 19.9 Å². The number of hydrogen-bond acceptors (Lipinski definition) is 5. The predicted molar refractivity (Wildman–Crippen MR) is 95.8 cm³/mol. The first kappa shape index (κ1) is 17.5. The summed E-state index contributed by atoms with van der Waals surface area (Å²) >= 11 is 0. The van der Waals surface area contributed by atoms with Gasteiger partial charge in [-0.3, -0.25) is 4.31 Å². The Morgan fingerprint density at radius 1 is 1.08 bits per heavy atom. The van der Waals surface area contributed by atoms with E-state index in [1.165, 1.54) is 25.3 Å². The van der Waals surface area contributed by atoms with Crippen LogP contribution >= 0.6 is 0 Å². The van der Waals surface area contributed by atoms with E-state index in [0.717, 1.165) is 9.71 Å². The van der Waals surface area contributed by atoms with Gasteiger partial charge in [0.15, 0.2) is 9.84 Å². The van der Waals surface area contributed by atoms with Gasteiger partial charge in [-0.2, -0.15) is 0 Å². The van der Waals surface area contributed by atoms with Crippen LogP contribution in [0.15, 0.2) is 71.0 Å². The van der Waals surface area contributed by atoms with Gasteiger partial charge in [-0.1, -0.05) is 24.3 Å². The molecule has 3 rings (SSSR count). The number of hydrogen-bond donors (Lipinski definition) is 0.